The zero-order valence-electron chi connectivity index (χ0n) is 13.6. The fourth-order valence-corrected chi connectivity index (χ4v) is 3.72. The minimum atomic E-state index is -4.62. The monoisotopic (exact) mass is 362 g/mol. The van der Waals surface area contributed by atoms with Gasteiger partial charge < -0.3 is 9.29 Å². The van der Waals surface area contributed by atoms with Crippen molar-refractivity contribution in [2.24, 2.45) is 0 Å². The van der Waals surface area contributed by atoms with Gasteiger partial charge >= 0.3 is 29.6 Å². The molecule has 7 heteroatoms. The van der Waals surface area contributed by atoms with Gasteiger partial charge in [0.25, 0.3) is 0 Å². The summed E-state index contributed by atoms with van der Waals surface area (Å²) in [5.41, 5.74) is 2.11. The predicted molar refractivity (Wildman–Crippen MR) is 87.3 cm³/mol. The third-order valence-electron chi connectivity index (χ3n) is 4.28. The van der Waals surface area contributed by atoms with Gasteiger partial charge in [0, 0.05) is 21.9 Å². The number of carbonyl (C=O) groups is 1. The maximum atomic E-state index is 12.8. The fourth-order valence-electron chi connectivity index (χ4n) is 3.22. The number of rotatable bonds is 2. The second-order valence-corrected chi connectivity index (χ2v) is 6.91. The summed E-state index contributed by atoms with van der Waals surface area (Å²) >= 11 is 0. The van der Waals surface area contributed by atoms with Crippen molar-refractivity contribution in [3.8, 4) is 16.9 Å². The van der Waals surface area contributed by atoms with E-state index >= 15 is 0 Å². The Morgan fingerprint density at radius 2 is 1.64 bits per heavy atom. The summed E-state index contributed by atoms with van der Waals surface area (Å²) < 4.78 is 39.1. The van der Waals surface area contributed by atoms with Crippen molar-refractivity contribution in [3.05, 3.63) is 59.7 Å². The first kappa shape index (κ1) is 18.1. The van der Waals surface area contributed by atoms with E-state index in [-0.39, 0.29) is 40.9 Å². The standard InChI is InChI=1S/C18H12O5S.Na/c1-23-16-8-7-12-11-6-5-10(24(20,21)22)9-15(11)18(19)14-4-2-3-13(16)17(12)14;/h2-9H,1H3,(H,20,21,22);/q;+1/p-1. The summed E-state index contributed by atoms with van der Waals surface area (Å²) in [5.74, 6) is 0.354. The van der Waals surface area contributed by atoms with Crippen LogP contribution in [0.1, 0.15) is 15.9 Å². The maximum Gasteiger partial charge on any atom is 1.00 e. The molecule has 0 fully saturated rings. The Kier molecular flexibility index (Phi) is 4.51. The van der Waals surface area contributed by atoms with Crippen LogP contribution in [-0.4, -0.2) is 25.9 Å². The summed E-state index contributed by atoms with van der Waals surface area (Å²) in [6.07, 6.45) is 0. The number of ether oxygens (including phenoxy) is 1. The molecule has 0 amide bonds. The Labute approximate surface area is 166 Å². The summed E-state index contributed by atoms with van der Waals surface area (Å²) in [4.78, 5) is 12.4. The number of ketones is 1. The quantitative estimate of drug-likeness (QED) is 0.369. The predicted octanol–water partition coefficient (Wildman–Crippen LogP) is -0.0321. The third kappa shape index (κ3) is 2.70. The summed E-state index contributed by atoms with van der Waals surface area (Å²) in [7, 11) is -3.06. The third-order valence-corrected chi connectivity index (χ3v) is 5.11. The van der Waals surface area contributed by atoms with Crippen molar-refractivity contribution in [1.82, 2.24) is 0 Å². The van der Waals surface area contributed by atoms with Crippen LogP contribution < -0.4 is 34.3 Å². The maximum absolute atomic E-state index is 12.8. The Morgan fingerprint density at radius 3 is 2.32 bits per heavy atom. The molecule has 1 aliphatic carbocycles. The number of hydrogen-bond donors (Lipinski definition) is 0. The zero-order chi connectivity index (χ0) is 17.1. The topological polar surface area (TPSA) is 83.5 Å². The van der Waals surface area contributed by atoms with E-state index in [2.05, 4.69) is 0 Å². The number of carbonyl (C=O) groups excluding carboxylic acids is 1. The van der Waals surface area contributed by atoms with Crippen LogP contribution in [0.5, 0.6) is 5.75 Å². The largest absolute Gasteiger partial charge is 1.00 e. The molecule has 0 atom stereocenters. The van der Waals surface area contributed by atoms with E-state index in [0.717, 1.165) is 22.4 Å². The molecular weight excluding hydrogens is 351 g/mol. The van der Waals surface area contributed by atoms with Crippen LogP contribution in [0.25, 0.3) is 21.9 Å². The van der Waals surface area contributed by atoms with E-state index in [4.69, 9.17) is 4.74 Å². The van der Waals surface area contributed by atoms with Gasteiger partial charge in [-0.25, -0.2) is 8.42 Å². The Hall–Kier alpha value is -1.70. The molecule has 5 nitrogen and oxygen atoms in total. The van der Waals surface area contributed by atoms with E-state index in [9.17, 15) is 17.8 Å². The number of hydrogen-bond acceptors (Lipinski definition) is 5. The summed E-state index contributed by atoms with van der Waals surface area (Å²) in [5, 5.41) is 1.58. The van der Waals surface area contributed by atoms with Crippen LogP contribution in [-0.2, 0) is 10.1 Å². The van der Waals surface area contributed by atoms with Gasteiger partial charge in [-0.15, -0.1) is 0 Å². The van der Waals surface area contributed by atoms with Crippen molar-refractivity contribution >= 4 is 26.7 Å². The molecule has 0 bridgehead atoms. The van der Waals surface area contributed by atoms with Crippen molar-refractivity contribution in [2.75, 3.05) is 7.11 Å². The van der Waals surface area contributed by atoms with E-state index in [0.29, 0.717) is 16.9 Å². The normalized spacial score (nSPS) is 12.5. The SMILES string of the molecule is COc1ccc2c3c(cccc13)C(=O)c1cc(S(=O)(=O)[O-])ccc1-2.[Na+]. The Bertz CT molecular complexity index is 1140. The second-order valence-electron chi connectivity index (χ2n) is 5.53. The molecule has 0 saturated carbocycles. The Balaban J connectivity index is 0.00000182. The van der Waals surface area contributed by atoms with E-state index in [1.165, 1.54) is 12.1 Å². The molecule has 3 aromatic rings. The first-order valence-electron chi connectivity index (χ1n) is 7.16. The van der Waals surface area contributed by atoms with E-state index < -0.39 is 15.0 Å². The van der Waals surface area contributed by atoms with Gasteiger partial charge in [0.15, 0.2) is 5.78 Å². The molecule has 4 rings (SSSR count). The molecule has 0 aliphatic heterocycles. The molecule has 1 aliphatic rings. The molecular formula is C18H11NaO5S. The minimum Gasteiger partial charge on any atom is -0.744 e. The first-order valence-corrected chi connectivity index (χ1v) is 8.57. The van der Waals surface area contributed by atoms with Gasteiger partial charge in [0.05, 0.1) is 12.0 Å². The van der Waals surface area contributed by atoms with Crippen molar-refractivity contribution in [1.29, 1.82) is 0 Å². The molecule has 3 aromatic carbocycles. The van der Waals surface area contributed by atoms with Crippen LogP contribution in [0.4, 0.5) is 0 Å². The average Bonchev–Trinajstić information content (AvgIpc) is 2.57. The molecule has 0 aromatic heterocycles. The minimum absolute atomic E-state index is 0. The van der Waals surface area contributed by atoms with Crippen LogP contribution in [0.2, 0.25) is 0 Å². The van der Waals surface area contributed by atoms with E-state index in [1.54, 1.807) is 25.3 Å². The molecule has 120 valence electrons. The summed E-state index contributed by atoms with van der Waals surface area (Å²) in [6.45, 7) is 0. The summed E-state index contributed by atoms with van der Waals surface area (Å²) in [6, 6.07) is 12.9. The van der Waals surface area contributed by atoms with Crippen LogP contribution in [0.3, 0.4) is 0 Å². The van der Waals surface area contributed by atoms with Crippen LogP contribution in [0.15, 0.2) is 53.4 Å². The van der Waals surface area contributed by atoms with Gasteiger partial charge in [-0.1, -0.05) is 30.3 Å². The van der Waals surface area contributed by atoms with Gasteiger partial charge in [0.2, 0.25) is 0 Å². The number of fused-ring (bicyclic) bond motifs is 2. The Morgan fingerprint density at radius 1 is 0.920 bits per heavy atom. The first-order chi connectivity index (χ1) is 11.4. The zero-order valence-corrected chi connectivity index (χ0v) is 16.4. The fraction of sp³-hybridized carbons (Fsp3) is 0.0556. The molecule has 0 N–H and O–H groups in total. The second kappa shape index (κ2) is 6.23. The molecule has 0 unspecified atom stereocenters. The molecule has 0 saturated heterocycles. The number of methoxy groups -OCH3 is 1. The molecule has 0 heterocycles. The van der Waals surface area contributed by atoms with Crippen molar-refractivity contribution in [3.63, 3.8) is 0 Å². The van der Waals surface area contributed by atoms with Crippen LogP contribution in [0, 0.1) is 0 Å². The van der Waals surface area contributed by atoms with Crippen molar-refractivity contribution in [2.45, 2.75) is 4.90 Å². The number of benzene rings is 3. The van der Waals surface area contributed by atoms with Gasteiger partial charge in [-0.05, 0) is 29.3 Å². The van der Waals surface area contributed by atoms with Gasteiger partial charge in [-0.3, -0.25) is 4.79 Å². The molecule has 0 radical (unpaired) electrons. The average molecular weight is 362 g/mol. The molecule has 0 spiro atoms. The molecule has 25 heavy (non-hydrogen) atoms. The van der Waals surface area contributed by atoms with Gasteiger partial charge in [-0.2, -0.15) is 0 Å². The van der Waals surface area contributed by atoms with Crippen LogP contribution >= 0.6 is 0 Å². The van der Waals surface area contributed by atoms with Crippen molar-refractivity contribution < 1.29 is 52.1 Å². The van der Waals surface area contributed by atoms with E-state index in [1.807, 2.05) is 12.1 Å². The smallest absolute Gasteiger partial charge is 0.744 e. The van der Waals surface area contributed by atoms with Gasteiger partial charge in [0.1, 0.15) is 15.9 Å².